The predicted molar refractivity (Wildman–Crippen MR) is 103 cm³/mol. The molecule has 0 radical (unpaired) electrons. The van der Waals surface area contributed by atoms with E-state index in [4.69, 9.17) is 9.47 Å². The second-order valence-electron chi connectivity index (χ2n) is 5.59. The maximum Gasteiger partial charge on any atom is 0.313 e. The monoisotopic (exact) mass is 370 g/mol. The lowest BCUT2D eigenvalue weighted by Gasteiger charge is -2.12. The van der Waals surface area contributed by atoms with Gasteiger partial charge in [0.1, 0.15) is 6.29 Å². The quantitative estimate of drug-likeness (QED) is 0.523. The Balaban J connectivity index is 0.000000277. The van der Waals surface area contributed by atoms with Gasteiger partial charge in [-0.2, -0.15) is 0 Å². The molecule has 27 heavy (non-hydrogen) atoms. The Labute approximate surface area is 160 Å². The number of carbonyl (C=O) groups is 3. The zero-order valence-electron chi connectivity index (χ0n) is 15.8. The molecule has 0 saturated heterocycles. The molecular formula is C22H26O5. The summed E-state index contributed by atoms with van der Waals surface area (Å²) < 4.78 is 9.72. The molecule has 2 aromatic rings. The molecule has 0 amide bonds. The molecule has 0 N–H and O–H groups in total. The maximum absolute atomic E-state index is 11.6. The Morgan fingerprint density at radius 1 is 0.889 bits per heavy atom. The molecule has 0 aliphatic heterocycles. The maximum atomic E-state index is 11.6. The van der Waals surface area contributed by atoms with Crippen LogP contribution in [0.3, 0.4) is 0 Å². The second kappa shape index (κ2) is 13.3. The molecule has 5 heteroatoms. The van der Waals surface area contributed by atoms with Gasteiger partial charge in [-0.1, -0.05) is 60.7 Å². The summed E-state index contributed by atoms with van der Waals surface area (Å²) in [6, 6.07) is 18.8. The highest BCUT2D eigenvalue weighted by Gasteiger charge is 2.20. The van der Waals surface area contributed by atoms with Crippen molar-refractivity contribution in [2.24, 2.45) is 0 Å². The molecule has 5 nitrogen and oxygen atoms in total. The van der Waals surface area contributed by atoms with E-state index in [-0.39, 0.29) is 18.4 Å². The standard InChI is InChI=1S/C12H14O3.C10H12O2/c1-2-15-12(14)11(8-9-13)10-6-4-3-5-7-10;1-2-12-10(11)8-9-6-4-3-5-7-9/h3-7,9,11H,2,8H2,1H3;3-7H,2,8H2,1H3. The van der Waals surface area contributed by atoms with Gasteiger partial charge in [0.2, 0.25) is 0 Å². The summed E-state index contributed by atoms with van der Waals surface area (Å²) in [6.07, 6.45) is 1.28. The van der Waals surface area contributed by atoms with Gasteiger partial charge in [-0.3, -0.25) is 9.59 Å². The van der Waals surface area contributed by atoms with Crippen molar-refractivity contribution >= 4 is 18.2 Å². The van der Waals surface area contributed by atoms with E-state index in [1.807, 2.05) is 67.6 Å². The van der Waals surface area contributed by atoms with E-state index in [1.54, 1.807) is 6.92 Å². The van der Waals surface area contributed by atoms with Crippen molar-refractivity contribution in [1.82, 2.24) is 0 Å². The fourth-order valence-electron chi connectivity index (χ4n) is 2.37. The Hall–Kier alpha value is -2.95. The molecule has 0 fully saturated rings. The van der Waals surface area contributed by atoms with Crippen molar-refractivity contribution in [2.45, 2.75) is 32.6 Å². The SMILES string of the molecule is CCOC(=O)C(CC=O)c1ccccc1.CCOC(=O)Cc1ccccc1. The Morgan fingerprint density at radius 3 is 1.96 bits per heavy atom. The first-order chi connectivity index (χ1) is 13.1. The fraction of sp³-hybridized carbons (Fsp3) is 0.318. The molecule has 0 bridgehead atoms. The van der Waals surface area contributed by atoms with Crippen LogP contribution in [0.1, 0.15) is 37.3 Å². The molecule has 0 aliphatic carbocycles. The Kier molecular flexibility index (Phi) is 10.9. The highest BCUT2D eigenvalue weighted by Crippen LogP contribution is 2.19. The molecule has 0 spiro atoms. The Bertz CT molecular complexity index is 682. The largest absolute Gasteiger partial charge is 0.466 e. The first-order valence-corrected chi connectivity index (χ1v) is 8.97. The van der Waals surface area contributed by atoms with E-state index in [0.717, 1.165) is 17.4 Å². The molecular weight excluding hydrogens is 344 g/mol. The minimum absolute atomic E-state index is 0.163. The van der Waals surface area contributed by atoms with Gasteiger partial charge < -0.3 is 14.3 Å². The van der Waals surface area contributed by atoms with Crippen LogP contribution in [0.2, 0.25) is 0 Å². The lowest BCUT2D eigenvalue weighted by molar-refractivity contribution is -0.145. The average Bonchev–Trinajstić information content (AvgIpc) is 2.68. The van der Waals surface area contributed by atoms with Crippen LogP contribution in [-0.4, -0.2) is 31.4 Å². The summed E-state index contributed by atoms with van der Waals surface area (Å²) in [6.45, 7) is 4.34. The third-order valence-electron chi connectivity index (χ3n) is 3.60. The summed E-state index contributed by atoms with van der Waals surface area (Å²) in [5, 5.41) is 0. The van der Waals surface area contributed by atoms with Gasteiger partial charge in [0, 0.05) is 6.42 Å². The number of esters is 2. The number of benzene rings is 2. The van der Waals surface area contributed by atoms with Crippen LogP contribution in [0.5, 0.6) is 0 Å². The average molecular weight is 370 g/mol. The lowest BCUT2D eigenvalue weighted by atomic mass is 9.97. The van der Waals surface area contributed by atoms with Gasteiger partial charge in [0.25, 0.3) is 0 Å². The number of rotatable bonds is 8. The highest BCUT2D eigenvalue weighted by molar-refractivity contribution is 5.81. The van der Waals surface area contributed by atoms with E-state index in [9.17, 15) is 14.4 Å². The van der Waals surface area contributed by atoms with Crippen molar-refractivity contribution in [3.05, 3.63) is 71.8 Å². The lowest BCUT2D eigenvalue weighted by Crippen LogP contribution is -2.16. The van der Waals surface area contributed by atoms with E-state index in [2.05, 4.69) is 0 Å². The zero-order valence-corrected chi connectivity index (χ0v) is 15.8. The minimum atomic E-state index is -0.469. The smallest absolute Gasteiger partial charge is 0.313 e. The third-order valence-corrected chi connectivity index (χ3v) is 3.60. The van der Waals surface area contributed by atoms with Crippen LogP contribution in [0.4, 0.5) is 0 Å². The van der Waals surface area contributed by atoms with Crippen molar-refractivity contribution in [3.63, 3.8) is 0 Å². The van der Waals surface area contributed by atoms with Gasteiger partial charge >= 0.3 is 11.9 Å². The fourth-order valence-corrected chi connectivity index (χ4v) is 2.37. The molecule has 1 atom stereocenters. The molecule has 0 saturated carbocycles. The van der Waals surface area contributed by atoms with E-state index >= 15 is 0 Å². The minimum Gasteiger partial charge on any atom is -0.466 e. The van der Waals surface area contributed by atoms with Gasteiger partial charge in [0.15, 0.2) is 0 Å². The summed E-state index contributed by atoms with van der Waals surface area (Å²) >= 11 is 0. The van der Waals surface area contributed by atoms with Crippen LogP contribution in [0, 0.1) is 0 Å². The van der Waals surface area contributed by atoms with Crippen LogP contribution < -0.4 is 0 Å². The third kappa shape index (κ3) is 8.81. The van der Waals surface area contributed by atoms with E-state index < -0.39 is 5.92 Å². The van der Waals surface area contributed by atoms with Gasteiger partial charge in [-0.05, 0) is 25.0 Å². The van der Waals surface area contributed by atoms with E-state index in [0.29, 0.717) is 19.6 Å². The van der Waals surface area contributed by atoms with Crippen molar-refractivity contribution in [1.29, 1.82) is 0 Å². The second-order valence-corrected chi connectivity index (χ2v) is 5.59. The van der Waals surface area contributed by atoms with Crippen LogP contribution >= 0.6 is 0 Å². The van der Waals surface area contributed by atoms with Gasteiger partial charge in [-0.15, -0.1) is 0 Å². The van der Waals surface area contributed by atoms with Crippen molar-refractivity contribution in [2.75, 3.05) is 13.2 Å². The number of hydrogen-bond donors (Lipinski definition) is 0. The number of carbonyl (C=O) groups excluding carboxylic acids is 3. The number of hydrogen-bond acceptors (Lipinski definition) is 5. The summed E-state index contributed by atoms with van der Waals surface area (Å²) in [5.74, 6) is -0.969. The first-order valence-electron chi connectivity index (χ1n) is 8.97. The Morgan fingerprint density at radius 2 is 1.44 bits per heavy atom. The molecule has 2 aromatic carbocycles. The number of ether oxygens (including phenoxy) is 2. The van der Waals surface area contributed by atoms with Crippen LogP contribution in [-0.2, 0) is 30.3 Å². The zero-order chi connectivity index (χ0) is 19.9. The first kappa shape index (κ1) is 22.1. The van der Waals surface area contributed by atoms with Crippen LogP contribution in [0.15, 0.2) is 60.7 Å². The molecule has 2 rings (SSSR count). The molecule has 0 aliphatic rings. The highest BCUT2D eigenvalue weighted by atomic mass is 16.5. The summed E-state index contributed by atoms with van der Waals surface area (Å²) in [7, 11) is 0. The summed E-state index contributed by atoms with van der Waals surface area (Å²) in [5.41, 5.74) is 1.82. The molecule has 1 unspecified atom stereocenters. The van der Waals surface area contributed by atoms with Gasteiger partial charge in [-0.25, -0.2) is 0 Å². The number of aldehydes is 1. The molecule has 0 aromatic heterocycles. The van der Waals surface area contributed by atoms with Crippen molar-refractivity contribution < 1.29 is 23.9 Å². The molecule has 0 heterocycles. The van der Waals surface area contributed by atoms with Crippen LogP contribution in [0.25, 0.3) is 0 Å². The molecule has 144 valence electrons. The van der Waals surface area contributed by atoms with Gasteiger partial charge in [0.05, 0.1) is 25.6 Å². The topological polar surface area (TPSA) is 69.7 Å². The summed E-state index contributed by atoms with van der Waals surface area (Å²) in [4.78, 5) is 33.0. The normalized spacial score (nSPS) is 10.7. The van der Waals surface area contributed by atoms with Crippen molar-refractivity contribution in [3.8, 4) is 0 Å². The predicted octanol–water partition coefficient (Wildman–Crippen LogP) is 3.71. The van der Waals surface area contributed by atoms with E-state index in [1.165, 1.54) is 0 Å².